The Bertz CT molecular complexity index is 369. The van der Waals surface area contributed by atoms with Gasteiger partial charge < -0.3 is 4.90 Å². The molecule has 0 bridgehead atoms. The third-order valence-corrected chi connectivity index (χ3v) is 3.44. The smallest absolute Gasteiger partial charge is 0.131 e. The molecule has 0 aromatic carbocycles. The molecule has 1 heterocycles. The number of aryl methyl sites for hydroxylation is 2. The van der Waals surface area contributed by atoms with Crippen LogP contribution < -0.4 is 4.90 Å². The number of rotatable bonds is 5. The second-order valence-corrected chi connectivity index (χ2v) is 4.84. The third kappa shape index (κ3) is 2.05. The van der Waals surface area contributed by atoms with Crippen LogP contribution >= 0.6 is 11.6 Å². The Morgan fingerprint density at radius 2 is 2.19 bits per heavy atom. The summed E-state index contributed by atoms with van der Waals surface area (Å²) < 4.78 is 1.99. The van der Waals surface area contributed by atoms with Gasteiger partial charge in [0.25, 0.3) is 0 Å². The summed E-state index contributed by atoms with van der Waals surface area (Å²) in [6, 6.07) is 0.719. The van der Waals surface area contributed by atoms with E-state index in [0.717, 1.165) is 18.3 Å². The van der Waals surface area contributed by atoms with Gasteiger partial charge in [0, 0.05) is 25.2 Å². The summed E-state index contributed by atoms with van der Waals surface area (Å²) in [6.07, 6.45) is 3.79. The second-order valence-electron chi connectivity index (χ2n) is 4.57. The average molecular weight is 242 g/mol. The number of anilines is 1. The molecule has 0 saturated heterocycles. The lowest BCUT2D eigenvalue weighted by atomic mass is 10.2. The topological polar surface area (TPSA) is 21.1 Å². The standard InChI is InChI=1S/C12H20ClN3/c1-4-7-16(10-5-6-10)12-11(8-13)9(2)14-15(12)3/h10H,4-8H2,1-3H3. The van der Waals surface area contributed by atoms with Gasteiger partial charge in [0.15, 0.2) is 0 Å². The van der Waals surface area contributed by atoms with E-state index in [1.54, 1.807) is 0 Å². The van der Waals surface area contributed by atoms with E-state index in [4.69, 9.17) is 11.6 Å². The predicted molar refractivity (Wildman–Crippen MR) is 68.2 cm³/mol. The monoisotopic (exact) mass is 241 g/mol. The van der Waals surface area contributed by atoms with Crippen molar-refractivity contribution in [2.75, 3.05) is 11.4 Å². The normalized spacial score (nSPS) is 15.5. The SMILES string of the molecule is CCCN(c1c(CCl)c(C)nn1C)C1CC1. The molecular formula is C12H20ClN3. The van der Waals surface area contributed by atoms with Crippen molar-refractivity contribution < 1.29 is 0 Å². The van der Waals surface area contributed by atoms with Crippen molar-refractivity contribution in [3.63, 3.8) is 0 Å². The fraction of sp³-hybridized carbons (Fsp3) is 0.750. The summed E-state index contributed by atoms with van der Waals surface area (Å²) in [5.41, 5.74) is 2.26. The highest BCUT2D eigenvalue weighted by molar-refractivity contribution is 6.17. The highest BCUT2D eigenvalue weighted by Crippen LogP contribution is 2.35. The molecule has 0 N–H and O–H groups in total. The number of aromatic nitrogens is 2. The minimum absolute atomic E-state index is 0.557. The van der Waals surface area contributed by atoms with Gasteiger partial charge in [-0.25, -0.2) is 0 Å². The Balaban J connectivity index is 2.35. The van der Waals surface area contributed by atoms with Gasteiger partial charge in [-0.15, -0.1) is 11.6 Å². The summed E-state index contributed by atoms with van der Waals surface area (Å²) >= 11 is 6.04. The van der Waals surface area contributed by atoms with Crippen molar-refractivity contribution in [3.8, 4) is 0 Å². The van der Waals surface area contributed by atoms with Crippen LogP contribution in [0.25, 0.3) is 0 Å². The highest BCUT2D eigenvalue weighted by atomic mass is 35.5. The Morgan fingerprint density at radius 1 is 1.50 bits per heavy atom. The van der Waals surface area contributed by atoms with Crippen molar-refractivity contribution in [1.82, 2.24) is 9.78 Å². The molecule has 1 aliphatic rings. The average Bonchev–Trinajstić information content (AvgIpc) is 3.02. The van der Waals surface area contributed by atoms with Crippen LogP contribution in [0, 0.1) is 6.92 Å². The summed E-state index contributed by atoms with van der Waals surface area (Å²) in [5.74, 6) is 1.79. The van der Waals surface area contributed by atoms with Crippen molar-refractivity contribution in [2.24, 2.45) is 7.05 Å². The number of alkyl halides is 1. The number of hydrogen-bond donors (Lipinski definition) is 0. The molecular weight excluding hydrogens is 222 g/mol. The Morgan fingerprint density at radius 3 is 2.69 bits per heavy atom. The van der Waals surface area contributed by atoms with Crippen molar-refractivity contribution in [3.05, 3.63) is 11.3 Å². The molecule has 1 aromatic rings. The van der Waals surface area contributed by atoms with E-state index in [-0.39, 0.29) is 0 Å². The van der Waals surface area contributed by atoms with Crippen LogP contribution in [0.5, 0.6) is 0 Å². The van der Waals surface area contributed by atoms with Crippen molar-refractivity contribution in [2.45, 2.75) is 45.0 Å². The van der Waals surface area contributed by atoms with Gasteiger partial charge in [-0.2, -0.15) is 5.10 Å². The molecule has 1 aromatic heterocycles. The summed E-state index contributed by atoms with van der Waals surface area (Å²) in [7, 11) is 2.02. The van der Waals surface area contributed by atoms with E-state index in [9.17, 15) is 0 Å². The maximum atomic E-state index is 6.04. The molecule has 0 atom stereocenters. The van der Waals surface area contributed by atoms with Crippen LogP contribution in [0.15, 0.2) is 0 Å². The molecule has 1 fully saturated rings. The largest absolute Gasteiger partial charge is 0.354 e. The van der Waals surface area contributed by atoms with Gasteiger partial charge >= 0.3 is 0 Å². The number of nitrogens with zero attached hydrogens (tertiary/aromatic N) is 3. The molecule has 2 rings (SSSR count). The first-order valence-corrected chi connectivity index (χ1v) is 6.57. The molecule has 0 spiro atoms. The Labute approximate surface area is 102 Å². The Kier molecular flexibility index (Phi) is 3.43. The molecule has 1 saturated carbocycles. The van der Waals surface area contributed by atoms with Crippen LogP contribution in [0.2, 0.25) is 0 Å². The fourth-order valence-electron chi connectivity index (χ4n) is 2.29. The predicted octanol–water partition coefficient (Wildman–Crippen LogP) is 2.85. The lowest BCUT2D eigenvalue weighted by Crippen LogP contribution is -2.29. The zero-order chi connectivity index (χ0) is 11.7. The minimum Gasteiger partial charge on any atom is -0.354 e. The molecule has 4 heteroatoms. The molecule has 16 heavy (non-hydrogen) atoms. The maximum Gasteiger partial charge on any atom is 0.131 e. The quantitative estimate of drug-likeness (QED) is 0.740. The van der Waals surface area contributed by atoms with Crippen molar-refractivity contribution >= 4 is 17.4 Å². The van der Waals surface area contributed by atoms with Gasteiger partial charge in [-0.05, 0) is 26.2 Å². The van der Waals surface area contributed by atoms with E-state index in [1.807, 2.05) is 18.7 Å². The van der Waals surface area contributed by atoms with E-state index < -0.39 is 0 Å². The molecule has 3 nitrogen and oxygen atoms in total. The van der Waals surface area contributed by atoms with E-state index in [2.05, 4.69) is 16.9 Å². The highest BCUT2D eigenvalue weighted by Gasteiger charge is 2.32. The summed E-state index contributed by atoms with van der Waals surface area (Å²) in [5, 5.41) is 4.49. The maximum absolute atomic E-state index is 6.04. The summed E-state index contributed by atoms with van der Waals surface area (Å²) in [6.45, 7) is 5.37. The molecule has 0 radical (unpaired) electrons. The number of hydrogen-bond acceptors (Lipinski definition) is 2. The van der Waals surface area contributed by atoms with E-state index in [0.29, 0.717) is 5.88 Å². The fourth-order valence-corrected chi connectivity index (χ4v) is 2.61. The third-order valence-electron chi connectivity index (χ3n) is 3.17. The molecule has 0 aliphatic heterocycles. The Hall–Kier alpha value is -0.700. The summed E-state index contributed by atoms with van der Waals surface area (Å²) in [4.78, 5) is 2.48. The van der Waals surface area contributed by atoms with Crippen LogP contribution in [0.3, 0.4) is 0 Å². The van der Waals surface area contributed by atoms with Gasteiger partial charge in [-0.3, -0.25) is 4.68 Å². The van der Waals surface area contributed by atoms with Crippen LogP contribution in [-0.2, 0) is 12.9 Å². The van der Waals surface area contributed by atoms with E-state index in [1.165, 1.54) is 30.6 Å². The first-order chi connectivity index (χ1) is 7.69. The minimum atomic E-state index is 0.557. The van der Waals surface area contributed by atoms with Gasteiger partial charge in [-0.1, -0.05) is 6.92 Å². The second kappa shape index (κ2) is 4.66. The molecule has 90 valence electrons. The van der Waals surface area contributed by atoms with E-state index >= 15 is 0 Å². The van der Waals surface area contributed by atoms with Gasteiger partial charge in [0.1, 0.15) is 5.82 Å². The van der Waals surface area contributed by atoms with Gasteiger partial charge in [0.2, 0.25) is 0 Å². The lowest BCUT2D eigenvalue weighted by Gasteiger charge is -2.25. The molecule has 0 unspecified atom stereocenters. The van der Waals surface area contributed by atoms with Crippen LogP contribution in [-0.4, -0.2) is 22.4 Å². The van der Waals surface area contributed by atoms with Crippen LogP contribution in [0.1, 0.15) is 37.4 Å². The van der Waals surface area contributed by atoms with Crippen molar-refractivity contribution in [1.29, 1.82) is 0 Å². The zero-order valence-electron chi connectivity index (χ0n) is 10.3. The van der Waals surface area contributed by atoms with Crippen LogP contribution in [0.4, 0.5) is 5.82 Å². The molecule has 0 amide bonds. The van der Waals surface area contributed by atoms with Gasteiger partial charge in [0.05, 0.1) is 11.6 Å². The molecule has 1 aliphatic carbocycles. The number of halogens is 1. The first-order valence-electron chi connectivity index (χ1n) is 6.04. The first kappa shape index (κ1) is 11.8. The zero-order valence-corrected chi connectivity index (χ0v) is 11.1. The lowest BCUT2D eigenvalue weighted by molar-refractivity contribution is 0.682.